The van der Waals surface area contributed by atoms with Crippen molar-refractivity contribution in [3.63, 3.8) is 0 Å². The Morgan fingerprint density at radius 3 is 2.90 bits per heavy atom. The number of rotatable bonds is 3. The van der Waals surface area contributed by atoms with Gasteiger partial charge in [0, 0.05) is 6.42 Å². The fourth-order valence-corrected chi connectivity index (χ4v) is 2.22. The first kappa shape index (κ1) is 12.5. The first-order chi connectivity index (χ1) is 9.76. The van der Waals surface area contributed by atoms with E-state index in [0.29, 0.717) is 0 Å². The molecule has 0 aromatic heterocycles. The van der Waals surface area contributed by atoms with Crippen molar-refractivity contribution in [3.05, 3.63) is 59.4 Å². The van der Waals surface area contributed by atoms with Gasteiger partial charge in [-0.05, 0) is 29.8 Å². The lowest BCUT2D eigenvalue weighted by atomic mass is 10.1. The molecule has 1 aliphatic heterocycles. The molecule has 0 saturated carbocycles. The van der Waals surface area contributed by atoms with Gasteiger partial charge in [-0.2, -0.15) is 5.26 Å². The van der Waals surface area contributed by atoms with E-state index in [-0.39, 0.29) is 24.0 Å². The van der Waals surface area contributed by atoms with Crippen molar-refractivity contribution in [3.8, 4) is 17.6 Å². The molecule has 1 unspecified atom stereocenters. The molecule has 0 amide bonds. The minimum atomic E-state index is -0.528. The number of ether oxygens (including phenoxy) is 2. The van der Waals surface area contributed by atoms with Crippen LogP contribution in [0.15, 0.2) is 42.5 Å². The third-order valence-corrected chi connectivity index (χ3v) is 3.20. The van der Waals surface area contributed by atoms with Gasteiger partial charge in [-0.3, -0.25) is 0 Å². The van der Waals surface area contributed by atoms with Crippen LogP contribution < -0.4 is 9.47 Å². The van der Waals surface area contributed by atoms with Gasteiger partial charge >= 0.3 is 0 Å². The van der Waals surface area contributed by atoms with Gasteiger partial charge in [0.15, 0.2) is 11.6 Å². The van der Waals surface area contributed by atoms with Gasteiger partial charge in [-0.1, -0.05) is 18.2 Å². The van der Waals surface area contributed by atoms with Gasteiger partial charge in [-0.15, -0.1) is 0 Å². The zero-order valence-corrected chi connectivity index (χ0v) is 10.7. The number of hydrogen-bond acceptors (Lipinski definition) is 3. The van der Waals surface area contributed by atoms with Crippen LogP contribution in [0.5, 0.6) is 11.5 Å². The van der Waals surface area contributed by atoms with E-state index in [4.69, 9.17) is 14.7 Å². The minimum absolute atomic E-state index is 0.109. The summed E-state index contributed by atoms with van der Waals surface area (Å²) >= 11 is 0. The molecule has 0 spiro atoms. The van der Waals surface area contributed by atoms with E-state index in [2.05, 4.69) is 0 Å². The first-order valence-electron chi connectivity index (χ1n) is 6.33. The second-order valence-electron chi connectivity index (χ2n) is 4.62. The van der Waals surface area contributed by atoms with Crippen LogP contribution in [0.1, 0.15) is 11.1 Å². The normalized spacial score (nSPS) is 16.1. The number of benzene rings is 2. The van der Waals surface area contributed by atoms with Crippen molar-refractivity contribution in [1.29, 1.82) is 5.26 Å². The maximum absolute atomic E-state index is 13.7. The summed E-state index contributed by atoms with van der Waals surface area (Å²) in [6.45, 7) is 0.275. The Bertz CT molecular complexity index is 653. The molecule has 2 aromatic rings. The fraction of sp³-hybridized carbons (Fsp3) is 0.188. The third kappa shape index (κ3) is 2.43. The average Bonchev–Trinajstić information content (AvgIpc) is 2.88. The Kier molecular flexibility index (Phi) is 3.26. The standard InChI is InChI=1S/C16H12FNO2/c17-14-7-11(9-18)5-6-16(14)19-10-13-8-12-3-1-2-4-15(12)20-13/h1-7,13H,8,10H2. The molecule has 0 aliphatic carbocycles. The Balaban J connectivity index is 1.63. The molecule has 2 aromatic carbocycles. The average molecular weight is 269 g/mol. The maximum Gasteiger partial charge on any atom is 0.166 e. The van der Waals surface area contributed by atoms with Crippen LogP contribution in [-0.2, 0) is 6.42 Å². The molecular weight excluding hydrogens is 257 g/mol. The summed E-state index contributed by atoms with van der Waals surface area (Å²) in [7, 11) is 0. The van der Waals surface area contributed by atoms with E-state index < -0.39 is 5.82 Å². The lowest BCUT2D eigenvalue weighted by molar-refractivity contribution is 0.145. The van der Waals surface area contributed by atoms with Gasteiger partial charge in [-0.25, -0.2) is 4.39 Å². The summed E-state index contributed by atoms with van der Waals surface area (Å²) in [5.41, 5.74) is 1.42. The highest BCUT2D eigenvalue weighted by atomic mass is 19.1. The highest BCUT2D eigenvalue weighted by Crippen LogP contribution is 2.28. The van der Waals surface area contributed by atoms with E-state index >= 15 is 0 Å². The van der Waals surface area contributed by atoms with Crippen molar-refractivity contribution in [2.75, 3.05) is 6.61 Å². The van der Waals surface area contributed by atoms with E-state index in [9.17, 15) is 4.39 Å². The Morgan fingerprint density at radius 1 is 1.30 bits per heavy atom. The molecule has 0 bridgehead atoms. The summed E-state index contributed by atoms with van der Waals surface area (Å²) in [5.74, 6) is 0.476. The van der Waals surface area contributed by atoms with Crippen molar-refractivity contribution in [2.45, 2.75) is 12.5 Å². The van der Waals surface area contributed by atoms with Crippen molar-refractivity contribution < 1.29 is 13.9 Å². The van der Waals surface area contributed by atoms with Crippen LogP contribution in [-0.4, -0.2) is 12.7 Å². The van der Waals surface area contributed by atoms with Crippen molar-refractivity contribution in [2.24, 2.45) is 0 Å². The zero-order valence-electron chi connectivity index (χ0n) is 10.7. The molecule has 3 rings (SSSR count). The minimum Gasteiger partial charge on any atom is -0.487 e. The maximum atomic E-state index is 13.7. The summed E-state index contributed by atoms with van der Waals surface area (Å²) in [5, 5.41) is 8.68. The van der Waals surface area contributed by atoms with E-state index in [1.165, 1.54) is 18.2 Å². The summed E-state index contributed by atoms with van der Waals surface area (Å²) < 4.78 is 24.8. The monoisotopic (exact) mass is 269 g/mol. The molecule has 1 atom stereocenters. The number of nitriles is 1. The van der Waals surface area contributed by atoms with Crippen LogP contribution in [0.4, 0.5) is 4.39 Å². The quantitative estimate of drug-likeness (QED) is 0.860. The van der Waals surface area contributed by atoms with Crippen molar-refractivity contribution >= 4 is 0 Å². The van der Waals surface area contributed by atoms with Crippen LogP contribution in [0.25, 0.3) is 0 Å². The van der Waals surface area contributed by atoms with Crippen molar-refractivity contribution in [1.82, 2.24) is 0 Å². The molecule has 0 radical (unpaired) electrons. The molecule has 1 heterocycles. The zero-order chi connectivity index (χ0) is 13.9. The molecular formula is C16H12FNO2. The third-order valence-electron chi connectivity index (χ3n) is 3.20. The Hall–Kier alpha value is -2.54. The molecule has 3 nitrogen and oxygen atoms in total. The smallest absolute Gasteiger partial charge is 0.166 e. The molecule has 20 heavy (non-hydrogen) atoms. The Labute approximate surface area is 116 Å². The van der Waals surface area contributed by atoms with E-state index in [1.807, 2.05) is 30.3 Å². The number of para-hydroxylation sites is 1. The largest absolute Gasteiger partial charge is 0.487 e. The molecule has 0 N–H and O–H groups in total. The summed E-state index contributed by atoms with van der Waals surface area (Å²) in [6, 6.07) is 13.9. The molecule has 1 aliphatic rings. The fourth-order valence-electron chi connectivity index (χ4n) is 2.22. The number of fused-ring (bicyclic) bond motifs is 1. The van der Waals surface area contributed by atoms with Crippen LogP contribution in [0.2, 0.25) is 0 Å². The number of halogens is 1. The number of nitrogens with zero attached hydrogens (tertiary/aromatic N) is 1. The molecule has 0 fully saturated rings. The van der Waals surface area contributed by atoms with Crippen LogP contribution in [0, 0.1) is 17.1 Å². The topological polar surface area (TPSA) is 42.2 Å². The van der Waals surface area contributed by atoms with Gasteiger partial charge < -0.3 is 9.47 Å². The van der Waals surface area contributed by atoms with Gasteiger partial charge in [0.2, 0.25) is 0 Å². The highest BCUT2D eigenvalue weighted by Gasteiger charge is 2.23. The summed E-state index contributed by atoms with van der Waals surface area (Å²) in [6.07, 6.45) is 0.649. The highest BCUT2D eigenvalue weighted by molar-refractivity contribution is 5.38. The first-order valence-corrected chi connectivity index (χ1v) is 6.33. The van der Waals surface area contributed by atoms with Gasteiger partial charge in [0.25, 0.3) is 0 Å². The van der Waals surface area contributed by atoms with Crippen LogP contribution in [0.3, 0.4) is 0 Å². The van der Waals surface area contributed by atoms with Gasteiger partial charge in [0.1, 0.15) is 18.5 Å². The number of hydrogen-bond donors (Lipinski definition) is 0. The predicted octanol–water partition coefficient (Wildman–Crippen LogP) is 3.08. The molecule has 100 valence electrons. The molecule has 4 heteroatoms. The summed E-state index contributed by atoms with van der Waals surface area (Å²) in [4.78, 5) is 0. The SMILES string of the molecule is N#Cc1ccc(OCC2Cc3ccccc3O2)c(F)c1. The lowest BCUT2D eigenvalue weighted by Gasteiger charge is -2.12. The lowest BCUT2D eigenvalue weighted by Crippen LogP contribution is -2.22. The van der Waals surface area contributed by atoms with E-state index in [1.54, 1.807) is 0 Å². The second kappa shape index (κ2) is 5.22. The van der Waals surface area contributed by atoms with E-state index in [0.717, 1.165) is 17.7 Å². The van der Waals surface area contributed by atoms with Crippen LogP contribution >= 0.6 is 0 Å². The predicted molar refractivity (Wildman–Crippen MR) is 71.2 cm³/mol. The molecule has 0 saturated heterocycles. The van der Waals surface area contributed by atoms with Gasteiger partial charge in [0.05, 0.1) is 11.6 Å². The Morgan fingerprint density at radius 2 is 2.15 bits per heavy atom. The second-order valence-corrected chi connectivity index (χ2v) is 4.62.